The molecule has 0 bridgehead atoms. The predicted octanol–water partition coefficient (Wildman–Crippen LogP) is 3.74. The molecule has 4 nitrogen and oxygen atoms in total. The third-order valence-electron chi connectivity index (χ3n) is 3.59. The van der Waals surface area contributed by atoms with Gasteiger partial charge in [0.1, 0.15) is 0 Å². The van der Waals surface area contributed by atoms with Gasteiger partial charge in [-0.25, -0.2) is 0 Å². The summed E-state index contributed by atoms with van der Waals surface area (Å²) in [7, 11) is 0. The van der Waals surface area contributed by atoms with Crippen molar-refractivity contribution in [2.24, 2.45) is 5.92 Å². The zero-order chi connectivity index (χ0) is 15.2. The van der Waals surface area contributed by atoms with Gasteiger partial charge in [0.15, 0.2) is 0 Å². The van der Waals surface area contributed by atoms with Gasteiger partial charge < -0.3 is 10.4 Å². The standard InChI is InChI=1S/C16H31NO3/c1-3-4-5-6-7-10-15(13-16(19)20)11-8-9-12-17-14(2)18/h15H,3-13H2,1-2H3,(H,17,18)(H,19,20). The average molecular weight is 285 g/mol. The van der Waals surface area contributed by atoms with Crippen LogP contribution in [0.15, 0.2) is 0 Å². The van der Waals surface area contributed by atoms with Crippen molar-refractivity contribution in [2.45, 2.75) is 78.1 Å². The van der Waals surface area contributed by atoms with Gasteiger partial charge in [-0.05, 0) is 25.2 Å². The van der Waals surface area contributed by atoms with E-state index in [9.17, 15) is 9.59 Å². The summed E-state index contributed by atoms with van der Waals surface area (Å²) in [6.45, 7) is 4.41. The van der Waals surface area contributed by atoms with E-state index in [-0.39, 0.29) is 12.3 Å². The molecule has 118 valence electrons. The summed E-state index contributed by atoms with van der Waals surface area (Å²) in [4.78, 5) is 21.6. The van der Waals surface area contributed by atoms with E-state index in [2.05, 4.69) is 12.2 Å². The number of aliphatic carboxylic acids is 1. The molecule has 0 heterocycles. The first kappa shape index (κ1) is 18.9. The average Bonchev–Trinajstić information content (AvgIpc) is 2.36. The van der Waals surface area contributed by atoms with E-state index in [0.29, 0.717) is 12.5 Å². The van der Waals surface area contributed by atoms with Gasteiger partial charge in [-0.2, -0.15) is 0 Å². The molecule has 0 aromatic rings. The van der Waals surface area contributed by atoms with Crippen LogP contribution in [-0.2, 0) is 9.59 Å². The molecule has 4 heteroatoms. The number of amides is 1. The van der Waals surface area contributed by atoms with Gasteiger partial charge in [0.2, 0.25) is 5.91 Å². The highest BCUT2D eigenvalue weighted by atomic mass is 16.4. The van der Waals surface area contributed by atoms with Gasteiger partial charge in [0.05, 0.1) is 0 Å². The lowest BCUT2D eigenvalue weighted by Crippen LogP contribution is -2.21. The molecule has 0 aliphatic rings. The summed E-state index contributed by atoms with van der Waals surface area (Å²) in [5, 5.41) is 11.7. The van der Waals surface area contributed by atoms with Crippen LogP contribution in [0.4, 0.5) is 0 Å². The van der Waals surface area contributed by atoms with Crippen molar-refractivity contribution < 1.29 is 14.7 Å². The van der Waals surface area contributed by atoms with Gasteiger partial charge in [0, 0.05) is 19.9 Å². The van der Waals surface area contributed by atoms with E-state index in [4.69, 9.17) is 5.11 Å². The van der Waals surface area contributed by atoms with E-state index in [1.54, 1.807) is 0 Å². The quantitative estimate of drug-likeness (QED) is 0.506. The fourth-order valence-electron chi connectivity index (χ4n) is 2.45. The Morgan fingerprint density at radius 3 is 2.15 bits per heavy atom. The van der Waals surface area contributed by atoms with Crippen molar-refractivity contribution in [2.75, 3.05) is 6.54 Å². The summed E-state index contributed by atoms with van der Waals surface area (Å²) in [5.74, 6) is -0.389. The van der Waals surface area contributed by atoms with Gasteiger partial charge in [-0.1, -0.05) is 45.4 Å². The van der Waals surface area contributed by atoms with Crippen LogP contribution in [0.2, 0.25) is 0 Å². The maximum absolute atomic E-state index is 10.9. The highest BCUT2D eigenvalue weighted by Gasteiger charge is 2.12. The van der Waals surface area contributed by atoms with Crippen LogP contribution in [-0.4, -0.2) is 23.5 Å². The molecule has 1 unspecified atom stereocenters. The van der Waals surface area contributed by atoms with Crippen LogP contribution >= 0.6 is 0 Å². The largest absolute Gasteiger partial charge is 0.481 e. The highest BCUT2D eigenvalue weighted by molar-refractivity contribution is 5.72. The summed E-state index contributed by atoms with van der Waals surface area (Å²) >= 11 is 0. The van der Waals surface area contributed by atoms with Crippen LogP contribution < -0.4 is 5.32 Å². The van der Waals surface area contributed by atoms with Crippen molar-refractivity contribution in [1.29, 1.82) is 0 Å². The predicted molar refractivity (Wildman–Crippen MR) is 81.7 cm³/mol. The Balaban J connectivity index is 3.72. The minimum Gasteiger partial charge on any atom is -0.481 e. The number of carboxylic acids is 1. The summed E-state index contributed by atoms with van der Waals surface area (Å²) in [5.41, 5.74) is 0. The molecular formula is C16H31NO3. The fraction of sp³-hybridized carbons (Fsp3) is 0.875. The molecule has 2 N–H and O–H groups in total. The second-order valence-corrected chi connectivity index (χ2v) is 5.65. The molecule has 0 spiro atoms. The molecule has 0 aliphatic carbocycles. The highest BCUT2D eigenvalue weighted by Crippen LogP contribution is 2.20. The summed E-state index contributed by atoms with van der Waals surface area (Å²) in [6, 6.07) is 0. The van der Waals surface area contributed by atoms with Crippen LogP contribution in [0.1, 0.15) is 78.1 Å². The molecule has 0 radical (unpaired) electrons. The zero-order valence-corrected chi connectivity index (χ0v) is 13.1. The monoisotopic (exact) mass is 285 g/mol. The molecule has 0 fully saturated rings. The number of rotatable bonds is 13. The topological polar surface area (TPSA) is 66.4 Å². The maximum Gasteiger partial charge on any atom is 0.303 e. The first-order valence-corrected chi connectivity index (χ1v) is 8.02. The molecule has 1 atom stereocenters. The molecule has 1 amide bonds. The van der Waals surface area contributed by atoms with Crippen molar-refractivity contribution in [3.8, 4) is 0 Å². The summed E-state index contributed by atoms with van der Waals surface area (Å²) < 4.78 is 0. The van der Waals surface area contributed by atoms with E-state index in [1.165, 1.54) is 32.6 Å². The second-order valence-electron chi connectivity index (χ2n) is 5.65. The Hall–Kier alpha value is -1.06. The van der Waals surface area contributed by atoms with Gasteiger partial charge in [0.25, 0.3) is 0 Å². The second kappa shape index (κ2) is 12.9. The minimum atomic E-state index is -0.689. The number of unbranched alkanes of at least 4 members (excludes halogenated alkanes) is 5. The lowest BCUT2D eigenvalue weighted by molar-refractivity contribution is -0.138. The zero-order valence-electron chi connectivity index (χ0n) is 13.1. The molecule has 20 heavy (non-hydrogen) atoms. The molecule has 0 aromatic heterocycles. The molecular weight excluding hydrogens is 254 g/mol. The fourth-order valence-corrected chi connectivity index (χ4v) is 2.45. The first-order chi connectivity index (χ1) is 9.56. The minimum absolute atomic E-state index is 0.00279. The third kappa shape index (κ3) is 13.4. The van der Waals surface area contributed by atoms with E-state index < -0.39 is 5.97 Å². The molecule has 0 rings (SSSR count). The SMILES string of the molecule is CCCCCCCC(CCCCNC(C)=O)CC(=O)O. The first-order valence-electron chi connectivity index (χ1n) is 8.02. The lowest BCUT2D eigenvalue weighted by atomic mass is 9.92. The molecule has 0 saturated heterocycles. The van der Waals surface area contributed by atoms with E-state index in [0.717, 1.165) is 32.1 Å². The Morgan fingerprint density at radius 2 is 1.60 bits per heavy atom. The van der Waals surface area contributed by atoms with Crippen LogP contribution in [0.5, 0.6) is 0 Å². The smallest absolute Gasteiger partial charge is 0.303 e. The van der Waals surface area contributed by atoms with E-state index >= 15 is 0 Å². The van der Waals surface area contributed by atoms with Crippen LogP contribution in [0.3, 0.4) is 0 Å². The Kier molecular flexibility index (Phi) is 12.3. The third-order valence-corrected chi connectivity index (χ3v) is 3.59. The van der Waals surface area contributed by atoms with E-state index in [1.807, 2.05) is 0 Å². The molecule has 0 aromatic carbocycles. The number of carboxylic acid groups (broad SMARTS) is 1. The Labute approximate surface area is 123 Å². The number of hydrogen-bond donors (Lipinski definition) is 2. The Morgan fingerprint density at radius 1 is 1.00 bits per heavy atom. The van der Waals surface area contributed by atoms with Gasteiger partial charge >= 0.3 is 5.97 Å². The van der Waals surface area contributed by atoms with Crippen LogP contribution in [0, 0.1) is 5.92 Å². The molecule has 0 aliphatic heterocycles. The van der Waals surface area contributed by atoms with Gasteiger partial charge in [-0.3, -0.25) is 9.59 Å². The van der Waals surface area contributed by atoms with Crippen molar-refractivity contribution in [3.63, 3.8) is 0 Å². The lowest BCUT2D eigenvalue weighted by Gasteiger charge is -2.14. The number of carbonyl (C=O) groups excluding carboxylic acids is 1. The number of hydrogen-bond acceptors (Lipinski definition) is 2. The van der Waals surface area contributed by atoms with Crippen molar-refractivity contribution >= 4 is 11.9 Å². The van der Waals surface area contributed by atoms with Gasteiger partial charge in [-0.15, -0.1) is 0 Å². The number of nitrogens with one attached hydrogen (secondary N) is 1. The van der Waals surface area contributed by atoms with Crippen LogP contribution in [0.25, 0.3) is 0 Å². The molecule has 0 saturated carbocycles. The van der Waals surface area contributed by atoms with Crippen molar-refractivity contribution in [1.82, 2.24) is 5.32 Å². The maximum atomic E-state index is 10.9. The normalized spacial score (nSPS) is 12.1. The number of carbonyl (C=O) groups is 2. The summed E-state index contributed by atoms with van der Waals surface area (Å²) in [6.07, 6.45) is 10.3. The van der Waals surface area contributed by atoms with Crippen molar-refractivity contribution in [3.05, 3.63) is 0 Å². The Bertz CT molecular complexity index is 266.